The van der Waals surface area contributed by atoms with Gasteiger partial charge in [-0.1, -0.05) is 42.0 Å². The summed E-state index contributed by atoms with van der Waals surface area (Å²) < 4.78 is 23.0. The maximum atomic E-state index is 11.5. The summed E-state index contributed by atoms with van der Waals surface area (Å²) in [6.07, 6.45) is 3.51. The summed E-state index contributed by atoms with van der Waals surface area (Å²) in [5.74, 6) is 0.265. The van der Waals surface area contributed by atoms with E-state index in [1.807, 2.05) is 18.2 Å². The number of aromatic nitrogens is 2. The first-order valence-electron chi connectivity index (χ1n) is 11.8. The molecule has 0 amide bonds. The summed E-state index contributed by atoms with van der Waals surface area (Å²) in [5.41, 5.74) is 13.1. The standard InChI is InChI=1S/C27H29N7O2S/c1-18-3-5-19(6-4-18)16-27(28)33-23-12-11-22(15-24(23)34-27)30-25-13-14-29-26(32-25)31-21-9-7-20(8-10-21)17-37(2,35)36/h3-15,33-34H,16-17,28H2,1-2H3,(H2,29,30,31,32). The van der Waals surface area contributed by atoms with Crippen molar-refractivity contribution in [1.29, 1.82) is 0 Å². The summed E-state index contributed by atoms with van der Waals surface area (Å²) in [6, 6.07) is 23.2. The van der Waals surface area contributed by atoms with E-state index in [4.69, 9.17) is 5.73 Å². The first kappa shape index (κ1) is 24.5. The zero-order valence-corrected chi connectivity index (χ0v) is 21.4. The Kier molecular flexibility index (Phi) is 6.45. The van der Waals surface area contributed by atoms with Gasteiger partial charge in [-0.2, -0.15) is 4.98 Å². The number of anilines is 6. The van der Waals surface area contributed by atoms with Crippen LogP contribution in [0.3, 0.4) is 0 Å². The van der Waals surface area contributed by atoms with Crippen molar-refractivity contribution in [3.63, 3.8) is 0 Å². The molecule has 1 aliphatic heterocycles. The Bertz CT molecular complexity index is 1520. The molecule has 0 bridgehead atoms. The van der Waals surface area contributed by atoms with Crippen LogP contribution in [0.15, 0.2) is 79.0 Å². The molecule has 9 nitrogen and oxygen atoms in total. The molecule has 190 valence electrons. The van der Waals surface area contributed by atoms with E-state index in [1.54, 1.807) is 36.5 Å². The molecule has 6 N–H and O–H groups in total. The third kappa shape index (κ3) is 6.35. The van der Waals surface area contributed by atoms with Gasteiger partial charge >= 0.3 is 0 Å². The van der Waals surface area contributed by atoms with Gasteiger partial charge in [0.05, 0.1) is 17.1 Å². The van der Waals surface area contributed by atoms with E-state index in [9.17, 15) is 8.42 Å². The molecule has 0 saturated heterocycles. The van der Waals surface area contributed by atoms with Crippen LogP contribution in [-0.4, -0.2) is 30.4 Å². The van der Waals surface area contributed by atoms with Crippen LogP contribution in [0.1, 0.15) is 16.7 Å². The van der Waals surface area contributed by atoms with E-state index in [2.05, 4.69) is 62.4 Å². The smallest absolute Gasteiger partial charge is 0.229 e. The topological polar surface area (TPSA) is 134 Å². The fourth-order valence-electron chi connectivity index (χ4n) is 4.22. The van der Waals surface area contributed by atoms with Crippen LogP contribution >= 0.6 is 0 Å². The minimum absolute atomic E-state index is 0.00552. The second-order valence-corrected chi connectivity index (χ2v) is 11.6. The van der Waals surface area contributed by atoms with Gasteiger partial charge in [-0.05, 0) is 54.4 Å². The molecule has 4 aromatic rings. The quantitative estimate of drug-likeness (QED) is 0.230. The fourth-order valence-corrected chi connectivity index (χ4v) is 5.01. The molecule has 3 aromatic carbocycles. The number of rotatable bonds is 8. The van der Waals surface area contributed by atoms with Gasteiger partial charge in [0, 0.05) is 30.2 Å². The molecule has 2 heterocycles. The lowest BCUT2D eigenvalue weighted by Gasteiger charge is -2.26. The van der Waals surface area contributed by atoms with Gasteiger partial charge in [0.25, 0.3) is 0 Å². The predicted octanol–water partition coefficient (Wildman–Crippen LogP) is 4.51. The Labute approximate surface area is 216 Å². The van der Waals surface area contributed by atoms with Gasteiger partial charge in [-0.3, -0.25) is 5.73 Å². The number of nitrogens with one attached hydrogen (secondary N) is 4. The molecule has 1 atom stereocenters. The third-order valence-corrected chi connectivity index (χ3v) is 6.76. The summed E-state index contributed by atoms with van der Waals surface area (Å²) in [4.78, 5) is 8.82. The molecular formula is C27H29N7O2S. The predicted molar refractivity (Wildman–Crippen MR) is 149 cm³/mol. The maximum absolute atomic E-state index is 11.5. The second kappa shape index (κ2) is 9.72. The number of hydrogen-bond acceptors (Lipinski definition) is 9. The number of nitrogens with zero attached hydrogens (tertiary/aromatic N) is 2. The first-order valence-corrected chi connectivity index (χ1v) is 13.9. The molecule has 0 fully saturated rings. The van der Waals surface area contributed by atoms with E-state index in [0.29, 0.717) is 18.2 Å². The monoisotopic (exact) mass is 515 g/mol. The second-order valence-electron chi connectivity index (χ2n) is 9.43. The zero-order chi connectivity index (χ0) is 26.0. The van der Waals surface area contributed by atoms with Crippen molar-refractivity contribution in [2.75, 3.05) is 27.5 Å². The normalized spacial score (nSPS) is 16.4. The van der Waals surface area contributed by atoms with Crippen LogP contribution in [0.2, 0.25) is 0 Å². The van der Waals surface area contributed by atoms with Crippen LogP contribution in [0.4, 0.5) is 34.5 Å². The number of sulfone groups is 1. The van der Waals surface area contributed by atoms with Gasteiger partial charge in [-0.25, -0.2) is 13.4 Å². The lowest BCUT2D eigenvalue weighted by Crippen LogP contribution is -2.53. The SMILES string of the molecule is Cc1ccc(CC2(N)Nc3ccc(Nc4ccnc(Nc5ccc(CS(C)(=O)=O)cc5)n4)cc3N2)cc1. The van der Waals surface area contributed by atoms with Crippen LogP contribution < -0.4 is 27.0 Å². The van der Waals surface area contributed by atoms with Gasteiger partial charge in [-0.15, -0.1) is 0 Å². The maximum Gasteiger partial charge on any atom is 0.229 e. The molecule has 0 spiro atoms. The van der Waals surface area contributed by atoms with Crippen LogP contribution in [0.25, 0.3) is 0 Å². The molecule has 1 aromatic heterocycles. The van der Waals surface area contributed by atoms with Crippen molar-refractivity contribution in [3.05, 3.63) is 95.7 Å². The molecule has 1 unspecified atom stereocenters. The first-order chi connectivity index (χ1) is 17.6. The van der Waals surface area contributed by atoms with Crippen molar-refractivity contribution >= 4 is 44.4 Å². The average molecular weight is 516 g/mol. The highest BCUT2D eigenvalue weighted by molar-refractivity contribution is 7.89. The average Bonchev–Trinajstić information content (AvgIpc) is 3.16. The highest BCUT2D eigenvalue weighted by atomic mass is 32.2. The molecule has 0 aliphatic carbocycles. The number of nitrogens with two attached hydrogens (primary N) is 1. The van der Waals surface area contributed by atoms with Crippen LogP contribution in [0.5, 0.6) is 0 Å². The lowest BCUT2D eigenvalue weighted by atomic mass is 10.1. The number of aryl methyl sites for hydroxylation is 1. The van der Waals surface area contributed by atoms with Crippen molar-refractivity contribution in [2.45, 2.75) is 24.9 Å². The van der Waals surface area contributed by atoms with E-state index >= 15 is 0 Å². The third-order valence-electron chi connectivity index (χ3n) is 5.91. The highest BCUT2D eigenvalue weighted by Gasteiger charge is 2.32. The van der Waals surface area contributed by atoms with Gasteiger partial charge in [0.2, 0.25) is 5.95 Å². The number of benzene rings is 3. The Morgan fingerprint density at radius 1 is 0.865 bits per heavy atom. The molecule has 37 heavy (non-hydrogen) atoms. The molecule has 0 radical (unpaired) electrons. The van der Waals surface area contributed by atoms with Crippen molar-refractivity contribution in [1.82, 2.24) is 9.97 Å². The summed E-state index contributed by atoms with van der Waals surface area (Å²) in [5, 5.41) is 13.3. The minimum Gasteiger partial charge on any atom is -0.349 e. The largest absolute Gasteiger partial charge is 0.349 e. The minimum atomic E-state index is -3.08. The van der Waals surface area contributed by atoms with Gasteiger partial charge in [0.15, 0.2) is 15.6 Å². The van der Waals surface area contributed by atoms with Gasteiger partial charge < -0.3 is 21.3 Å². The van der Waals surface area contributed by atoms with Gasteiger partial charge in [0.1, 0.15) is 5.82 Å². The fraction of sp³-hybridized carbons (Fsp3) is 0.185. The van der Waals surface area contributed by atoms with Crippen molar-refractivity contribution in [3.8, 4) is 0 Å². The molecule has 1 aliphatic rings. The van der Waals surface area contributed by atoms with Crippen LogP contribution in [-0.2, 0) is 22.0 Å². The Morgan fingerprint density at radius 3 is 2.27 bits per heavy atom. The zero-order valence-electron chi connectivity index (χ0n) is 20.6. The number of fused-ring (bicyclic) bond motifs is 1. The van der Waals surface area contributed by atoms with Crippen molar-refractivity contribution in [2.24, 2.45) is 5.73 Å². The highest BCUT2D eigenvalue weighted by Crippen LogP contribution is 2.36. The summed E-state index contributed by atoms with van der Waals surface area (Å²) in [6.45, 7) is 2.07. The molecular weight excluding hydrogens is 486 g/mol. The lowest BCUT2D eigenvalue weighted by molar-refractivity contribution is 0.566. The van der Waals surface area contributed by atoms with Crippen LogP contribution in [0, 0.1) is 6.92 Å². The summed E-state index contributed by atoms with van der Waals surface area (Å²) >= 11 is 0. The van der Waals surface area contributed by atoms with Crippen molar-refractivity contribution < 1.29 is 8.42 Å². The Hall–Kier alpha value is -4.15. The molecule has 0 saturated carbocycles. The van der Waals surface area contributed by atoms with E-state index < -0.39 is 15.6 Å². The van der Waals surface area contributed by atoms with E-state index in [-0.39, 0.29) is 5.75 Å². The number of hydrogen-bond donors (Lipinski definition) is 5. The Balaban J connectivity index is 1.24. The van der Waals surface area contributed by atoms with E-state index in [1.165, 1.54) is 11.8 Å². The Morgan fingerprint density at radius 2 is 1.54 bits per heavy atom. The molecule has 10 heteroatoms. The summed E-state index contributed by atoms with van der Waals surface area (Å²) in [7, 11) is -3.08. The van der Waals surface area contributed by atoms with E-state index in [0.717, 1.165) is 33.9 Å². The molecule has 5 rings (SSSR count).